The van der Waals surface area contributed by atoms with Crippen LogP contribution in [-0.2, 0) is 22.6 Å². The maximum atomic E-state index is 13.5. The monoisotopic (exact) mass is 554 g/mol. The van der Waals surface area contributed by atoms with E-state index in [0.29, 0.717) is 18.7 Å². The molecule has 0 spiro atoms. The molecule has 7 heteroatoms. The number of amides is 2. The molecule has 0 aromatic heterocycles. The van der Waals surface area contributed by atoms with E-state index in [1.54, 1.807) is 18.2 Å². The van der Waals surface area contributed by atoms with Gasteiger partial charge >= 0.3 is 0 Å². The van der Waals surface area contributed by atoms with Crippen LogP contribution in [0.4, 0.5) is 4.39 Å². The molecule has 3 aromatic rings. The largest absolute Gasteiger partial charge is 0.484 e. The van der Waals surface area contributed by atoms with Crippen molar-refractivity contribution in [3.63, 3.8) is 0 Å². The molecule has 0 fully saturated rings. The van der Waals surface area contributed by atoms with Gasteiger partial charge in [0.25, 0.3) is 5.91 Å². The Bertz CT molecular complexity index is 1140. The zero-order valence-electron chi connectivity index (χ0n) is 20.7. The molecule has 2 amide bonds. The fraction of sp³-hybridized carbons (Fsp3) is 0.310. The number of nitrogens with one attached hydrogen (secondary N) is 1. The maximum Gasteiger partial charge on any atom is 0.261 e. The number of unbranched alkanes of at least 4 members (excludes halogenated alkanes) is 1. The van der Waals surface area contributed by atoms with Crippen molar-refractivity contribution in [3.05, 3.63) is 99.8 Å². The Morgan fingerprint density at radius 1 is 1.03 bits per heavy atom. The summed E-state index contributed by atoms with van der Waals surface area (Å²) in [6.07, 6.45) is 2.15. The molecule has 0 radical (unpaired) electrons. The van der Waals surface area contributed by atoms with E-state index in [1.807, 2.05) is 49.4 Å². The molecule has 0 saturated carbocycles. The minimum absolute atomic E-state index is 0.153. The van der Waals surface area contributed by atoms with Gasteiger partial charge in [-0.2, -0.15) is 0 Å². The van der Waals surface area contributed by atoms with Gasteiger partial charge in [-0.25, -0.2) is 4.39 Å². The third kappa shape index (κ3) is 8.19. The summed E-state index contributed by atoms with van der Waals surface area (Å²) in [6.45, 7) is 4.46. The van der Waals surface area contributed by atoms with E-state index in [0.717, 1.165) is 34.0 Å². The number of carbonyl (C=O) groups excluding carboxylic acids is 2. The number of ether oxygens (including phenoxy) is 1. The Labute approximate surface area is 220 Å². The first-order chi connectivity index (χ1) is 17.4. The van der Waals surface area contributed by atoms with Crippen molar-refractivity contribution in [2.24, 2.45) is 0 Å². The van der Waals surface area contributed by atoms with Gasteiger partial charge in [-0.15, -0.1) is 0 Å². The third-order valence-corrected chi connectivity index (χ3v) is 6.75. The van der Waals surface area contributed by atoms with Crippen molar-refractivity contribution in [1.29, 1.82) is 0 Å². The quantitative estimate of drug-likeness (QED) is 0.286. The van der Waals surface area contributed by atoms with Gasteiger partial charge in [0, 0.05) is 24.0 Å². The summed E-state index contributed by atoms with van der Waals surface area (Å²) >= 11 is 3.47. The van der Waals surface area contributed by atoms with Gasteiger partial charge in [0.2, 0.25) is 5.91 Å². The average Bonchev–Trinajstić information content (AvgIpc) is 2.88. The number of rotatable bonds is 12. The summed E-state index contributed by atoms with van der Waals surface area (Å²) in [5.41, 5.74) is 2.65. The van der Waals surface area contributed by atoms with E-state index in [2.05, 4.69) is 28.2 Å². The summed E-state index contributed by atoms with van der Waals surface area (Å²) in [7, 11) is 0. The van der Waals surface area contributed by atoms with Crippen molar-refractivity contribution >= 4 is 27.7 Å². The first-order valence-corrected chi connectivity index (χ1v) is 12.9. The number of carbonyl (C=O) groups is 2. The summed E-state index contributed by atoms with van der Waals surface area (Å²) in [6, 6.07) is 20.3. The van der Waals surface area contributed by atoms with Crippen LogP contribution in [0.2, 0.25) is 0 Å². The Balaban J connectivity index is 1.88. The van der Waals surface area contributed by atoms with Crippen molar-refractivity contribution < 1.29 is 18.7 Å². The molecule has 3 rings (SSSR count). The van der Waals surface area contributed by atoms with Crippen LogP contribution >= 0.6 is 15.9 Å². The Morgan fingerprint density at radius 3 is 2.42 bits per heavy atom. The highest BCUT2D eigenvalue weighted by molar-refractivity contribution is 9.10. The Morgan fingerprint density at radius 2 is 1.75 bits per heavy atom. The minimum Gasteiger partial charge on any atom is -0.484 e. The predicted molar refractivity (Wildman–Crippen MR) is 143 cm³/mol. The molecule has 1 atom stereocenters. The number of halogens is 2. The molecule has 1 N–H and O–H groups in total. The van der Waals surface area contributed by atoms with Crippen molar-refractivity contribution in [2.75, 3.05) is 13.2 Å². The first-order valence-electron chi connectivity index (χ1n) is 12.1. The lowest BCUT2D eigenvalue weighted by molar-refractivity contribution is -0.142. The van der Waals surface area contributed by atoms with E-state index in [-0.39, 0.29) is 30.8 Å². The second-order valence-electron chi connectivity index (χ2n) is 8.70. The highest BCUT2D eigenvalue weighted by Gasteiger charge is 2.30. The number of aryl methyl sites for hydroxylation is 1. The zero-order chi connectivity index (χ0) is 25.9. The predicted octanol–water partition coefficient (Wildman–Crippen LogP) is 5.83. The van der Waals surface area contributed by atoms with Crippen LogP contribution < -0.4 is 10.1 Å². The summed E-state index contributed by atoms with van der Waals surface area (Å²) in [5.74, 6) is -0.338. The maximum absolute atomic E-state index is 13.5. The molecule has 0 heterocycles. The zero-order valence-corrected chi connectivity index (χ0v) is 22.3. The van der Waals surface area contributed by atoms with Gasteiger partial charge in [-0.3, -0.25) is 9.59 Å². The molecule has 0 saturated heterocycles. The van der Waals surface area contributed by atoms with Gasteiger partial charge in [-0.1, -0.05) is 71.7 Å². The van der Waals surface area contributed by atoms with Crippen LogP contribution in [0, 0.1) is 12.7 Å². The minimum atomic E-state index is -0.753. The molecule has 36 heavy (non-hydrogen) atoms. The first kappa shape index (κ1) is 27.4. The third-order valence-electron chi connectivity index (χ3n) is 5.86. The van der Waals surface area contributed by atoms with Crippen molar-refractivity contribution in [2.45, 2.75) is 45.7 Å². The van der Waals surface area contributed by atoms with E-state index in [1.165, 1.54) is 17.0 Å². The fourth-order valence-electron chi connectivity index (χ4n) is 3.78. The highest BCUT2D eigenvalue weighted by atomic mass is 79.9. The van der Waals surface area contributed by atoms with Crippen molar-refractivity contribution in [3.8, 4) is 5.75 Å². The molecule has 0 bridgehead atoms. The molecule has 0 unspecified atom stereocenters. The fourth-order valence-corrected chi connectivity index (χ4v) is 4.03. The van der Waals surface area contributed by atoms with Gasteiger partial charge in [-0.05, 0) is 60.4 Å². The van der Waals surface area contributed by atoms with Crippen LogP contribution in [0.5, 0.6) is 5.75 Å². The Kier molecular flexibility index (Phi) is 10.5. The molecule has 0 aliphatic rings. The molecule has 0 aliphatic heterocycles. The lowest BCUT2D eigenvalue weighted by Gasteiger charge is -2.31. The molecule has 5 nitrogen and oxygen atoms in total. The second kappa shape index (κ2) is 13.8. The number of benzene rings is 3. The summed E-state index contributed by atoms with van der Waals surface area (Å²) < 4.78 is 20.3. The number of hydrogen-bond donors (Lipinski definition) is 1. The molecular formula is C29H32BrFN2O3. The lowest BCUT2D eigenvalue weighted by Crippen LogP contribution is -2.51. The Hall–Kier alpha value is -3.19. The highest BCUT2D eigenvalue weighted by Crippen LogP contribution is 2.22. The van der Waals surface area contributed by atoms with Crippen LogP contribution in [-0.4, -0.2) is 35.9 Å². The van der Waals surface area contributed by atoms with Gasteiger partial charge in [0.1, 0.15) is 17.6 Å². The van der Waals surface area contributed by atoms with E-state index in [4.69, 9.17) is 4.74 Å². The van der Waals surface area contributed by atoms with Crippen LogP contribution in [0.25, 0.3) is 0 Å². The van der Waals surface area contributed by atoms with Gasteiger partial charge < -0.3 is 15.0 Å². The van der Waals surface area contributed by atoms with E-state index >= 15 is 0 Å². The number of hydrogen-bond acceptors (Lipinski definition) is 3. The molecule has 3 aromatic carbocycles. The standard InChI is InChI=1S/C29H32BrFN2O3/c1-3-4-16-32-29(35)27(18-22-8-6-5-7-9-22)33(19-23-10-12-24(31)13-11-23)28(34)20-36-25-14-15-26(30)21(2)17-25/h5-15,17,27H,3-4,16,18-20H2,1-2H3,(H,32,35)/t27-/m1/s1. The SMILES string of the molecule is CCCCNC(=O)[C@@H](Cc1ccccc1)N(Cc1ccc(F)cc1)C(=O)COc1ccc(Br)c(C)c1. The topological polar surface area (TPSA) is 58.6 Å². The van der Waals surface area contributed by atoms with Crippen LogP contribution in [0.1, 0.15) is 36.5 Å². The second-order valence-corrected chi connectivity index (χ2v) is 9.55. The average molecular weight is 555 g/mol. The van der Waals surface area contributed by atoms with E-state index in [9.17, 15) is 14.0 Å². The smallest absolute Gasteiger partial charge is 0.261 e. The van der Waals surface area contributed by atoms with E-state index < -0.39 is 6.04 Å². The molecule has 0 aliphatic carbocycles. The van der Waals surface area contributed by atoms with Crippen molar-refractivity contribution in [1.82, 2.24) is 10.2 Å². The van der Waals surface area contributed by atoms with Crippen LogP contribution in [0.15, 0.2) is 77.3 Å². The normalized spacial score (nSPS) is 11.6. The summed E-state index contributed by atoms with van der Waals surface area (Å²) in [5, 5.41) is 2.98. The summed E-state index contributed by atoms with van der Waals surface area (Å²) in [4.78, 5) is 28.4. The number of nitrogens with zero attached hydrogens (tertiary/aromatic N) is 1. The molecular weight excluding hydrogens is 523 g/mol. The van der Waals surface area contributed by atoms with Crippen LogP contribution in [0.3, 0.4) is 0 Å². The molecule has 190 valence electrons. The van der Waals surface area contributed by atoms with Gasteiger partial charge in [0.15, 0.2) is 6.61 Å². The lowest BCUT2D eigenvalue weighted by atomic mass is 10.0. The van der Waals surface area contributed by atoms with Gasteiger partial charge in [0.05, 0.1) is 0 Å².